The molecule has 0 fully saturated rings. The quantitative estimate of drug-likeness (QED) is 0.147. The molecule has 0 bridgehead atoms. The van der Waals surface area contributed by atoms with Crippen LogP contribution < -0.4 is 15.9 Å². The first-order chi connectivity index (χ1) is 22.0. The molecule has 0 aliphatic heterocycles. The molecule has 0 saturated heterocycles. The Bertz CT molecular complexity index is 2480. The van der Waals surface area contributed by atoms with Gasteiger partial charge in [0.05, 0.1) is 0 Å². The van der Waals surface area contributed by atoms with Crippen molar-refractivity contribution in [3.8, 4) is 11.1 Å². The molecule has 1 aliphatic carbocycles. The second-order valence-electron chi connectivity index (χ2n) is 12.8. The van der Waals surface area contributed by atoms with Crippen molar-refractivity contribution in [2.24, 2.45) is 0 Å². The maximum Gasteiger partial charge on any atom is 0.171 e. The number of rotatable bonds is 3. The zero-order chi connectivity index (χ0) is 30.3. The van der Waals surface area contributed by atoms with Crippen molar-refractivity contribution in [2.45, 2.75) is 19.3 Å². The first-order valence-corrected chi connectivity index (χ1v) is 17.4. The highest BCUT2D eigenvalue weighted by Crippen LogP contribution is 2.57. The van der Waals surface area contributed by atoms with Gasteiger partial charge in [-0.05, 0) is 71.4 Å². The summed E-state index contributed by atoms with van der Waals surface area (Å²) in [6.07, 6.45) is 0. The third-order valence-corrected chi connectivity index (χ3v) is 13.1. The zero-order valence-electron chi connectivity index (χ0n) is 25.3. The summed E-state index contributed by atoms with van der Waals surface area (Å²) >= 11 is 0. The van der Waals surface area contributed by atoms with Crippen molar-refractivity contribution in [3.63, 3.8) is 0 Å². The molecule has 8 aromatic rings. The Kier molecular flexibility index (Phi) is 5.59. The van der Waals surface area contributed by atoms with Crippen molar-refractivity contribution in [1.29, 1.82) is 0 Å². The molecule has 0 radical (unpaired) electrons. The van der Waals surface area contributed by atoms with Crippen LogP contribution in [0.3, 0.4) is 0 Å². The molecule has 1 nitrogen and oxygen atoms in total. The van der Waals surface area contributed by atoms with Gasteiger partial charge >= 0.3 is 0 Å². The molecule has 2 heteroatoms. The average Bonchev–Trinajstić information content (AvgIpc) is 3.34. The summed E-state index contributed by atoms with van der Waals surface area (Å²) in [5, 5.41) is 12.9. The summed E-state index contributed by atoms with van der Waals surface area (Å²) < 4.78 is 15.4. The van der Waals surface area contributed by atoms with Crippen LogP contribution in [0.2, 0.25) is 0 Å². The van der Waals surface area contributed by atoms with Crippen LogP contribution in [0.15, 0.2) is 152 Å². The van der Waals surface area contributed by atoms with Gasteiger partial charge in [0.1, 0.15) is 0 Å². The van der Waals surface area contributed by atoms with Crippen LogP contribution in [0, 0.1) is 0 Å². The van der Waals surface area contributed by atoms with Crippen molar-refractivity contribution >= 4 is 66.1 Å². The summed E-state index contributed by atoms with van der Waals surface area (Å²) in [4.78, 5) is 0. The van der Waals surface area contributed by atoms with E-state index in [4.69, 9.17) is 0 Å². The van der Waals surface area contributed by atoms with Crippen molar-refractivity contribution in [2.75, 3.05) is 0 Å². The summed E-state index contributed by atoms with van der Waals surface area (Å²) in [5.74, 6) is 0. The van der Waals surface area contributed by atoms with Gasteiger partial charge < -0.3 is 4.57 Å². The minimum Gasteiger partial charge on any atom is -0.309 e. The number of hydrogen-bond acceptors (Lipinski definition) is 1. The predicted molar refractivity (Wildman–Crippen MR) is 193 cm³/mol. The highest BCUT2D eigenvalue weighted by atomic mass is 31.2. The van der Waals surface area contributed by atoms with Crippen LogP contribution in [0.1, 0.15) is 25.0 Å². The molecule has 0 aromatic heterocycles. The van der Waals surface area contributed by atoms with E-state index in [-0.39, 0.29) is 5.41 Å². The molecular formula is C43H31OP. The van der Waals surface area contributed by atoms with E-state index in [2.05, 4.69) is 105 Å². The van der Waals surface area contributed by atoms with E-state index in [1.165, 1.54) is 65.3 Å². The normalized spacial score (nSPS) is 13.8. The van der Waals surface area contributed by atoms with Crippen molar-refractivity contribution in [3.05, 3.63) is 163 Å². The fraction of sp³-hybridized carbons (Fsp3) is 0.0698. The first kappa shape index (κ1) is 26.4. The van der Waals surface area contributed by atoms with E-state index in [9.17, 15) is 0 Å². The minimum absolute atomic E-state index is 0.327. The maximum absolute atomic E-state index is 15.4. The first-order valence-electron chi connectivity index (χ1n) is 15.6. The summed E-state index contributed by atoms with van der Waals surface area (Å²) in [7, 11) is -3.13. The molecule has 0 unspecified atom stereocenters. The monoisotopic (exact) mass is 594 g/mol. The maximum atomic E-state index is 15.4. The lowest BCUT2D eigenvalue weighted by Crippen LogP contribution is -2.26. The van der Waals surface area contributed by atoms with Gasteiger partial charge in [-0.15, -0.1) is 0 Å². The summed E-state index contributed by atoms with van der Waals surface area (Å²) in [6, 6.07) is 53.3. The average molecular weight is 595 g/mol. The van der Waals surface area contributed by atoms with Gasteiger partial charge in [0.25, 0.3) is 0 Å². The van der Waals surface area contributed by atoms with Crippen LogP contribution in [0.5, 0.6) is 0 Å². The van der Waals surface area contributed by atoms with Gasteiger partial charge in [-0.3, -0.25) is 0 Å². The lowest BCUT2D eigenvalue weighted by atomic mass is 9.77. The molecule has 0 N–H and O–H groups in total. The standard InChI is InChI=1S/C43H31OP/c1-43(2)38-27-30(45(44,28-15-5-3-6-16-28)29-17-7-4-8-18-29)25-26-37(38)40-36-24-14-13-23-35(36)39-33-21-11-9-19-31(33)32-20-10-12-22-34(32)41(39)42(40)43/h3-27H,1-2H3. The second kappa shape index (κ2) is 9.51. The molecular weight excluding hydrogens is 563 g/mol. The third-order valence-electron chi connectivity index (χ3n) is 10.1. The molecule has 214 valence electrons. The largest absolute Gasteiger partial charge is 0.309 e. The second-order valence-corrected chi connectivity index (χ2v) is 15.5. The van der Waals surface area contributed by atoms with E-state index in [0.29, 0.717) is 0 Å². The predicted octanol–water partition coefficient (Wildman–Crippen LogP) is 10.2. The Morgan fingerprint density at radius 1 is 0.444 bits per heavy atom. The Balaban J connectivity index is 1.42. The topological polar surface area (TPSA) is 17.1 Å². The molecule has 8 aromatic carbocycles. The molecule has 0 atom stereocenters. The van der Waals surface area contributed by atoms with Crippen molar-refractivity contribution < 1.29 is 4.57 Å². The van der Waals surface area contributed by atoms with Crippen LogP contribution in [0.4, 0.5) is 0 Å². The van der Waals surface area contributed by atoms with E-state index in [1.54, 1.807) is 0 Å². The van der Waals surface area contributed by atoms with E-state index < -0.39 is 7.14 Å². The van der Waals surface area contributed by atoms with Gasteiger partial charge in [-0.2, -0.15) is 0 Å². The van der Waals surface area contributed by atoms with E-state index >= 15 is 4.57 Å². The van der Waals surface area contributed by atoms with Gasteiger partial charge in [0, 0.05) is 21.3 Å². The highest BCUT2D eigenvalue weighted by Gasteiger charge is 2.41. The van der Waals surface area contributed by atoms with Crippen LogP contribution in [0.25, 0.3) is 54.2 Å². The summed E-state index contributed by atoms with van der Waals surface area (Å²) in [5.41, 5.74) is 4.81. The fourth-order valence-corrected chi connectivity index (χ4v) is 10.8. The van der Waals surface area contributed by atoms with Gasteiger partial charge in [-0.25, -0.2) is 0 Å². The molecule has 0 saturated carbocycles. The lowest BCUT2D eigenvalue weighted by Gasteiger charge is -2.27. The Labute approximate surface area is 263 Å². The SMILES string of the molecule is CC1(C)c2cc(P(=O)(c3ccccc3)c3ccccc3)ccc2-c2c1c1c3ccccc3c3ccccc3c1c1ccccc21. The molecule has 45 heavy (non-hydrogen) atoms. The number of fused-ring (bicyclic) bond motifs is 13. The molecule has 0 amide bonds. The molecule has 1 aliphatic rings. The number of hydrogen-bond donors (Lipinski definition) is 0. The summed E-state index contributed by atoms with van der Waals surface area (Å²) in [6.45, 7) is 4.71. The highest BCUT2D eigenvalue weighted by molar-refractivity contribution is 7.85. The lowest BCUT2D eigenvalue weighted by molar-refractivity contribution is 0.592. The number of benzene rings is 8. The minimum atomic E-state index is -3.13. The van der Waals surface area contributed by atoms with Crippen LogP contribution >= 0.6 is 7.14 Å². The third kappa shape index (κ3) is 3.54. The Morgan fingerprint density at radius 3 is 1.44 bits per heavy atom. The smallest absolute Gasteiger partial charge is 0.171 e. The van der Waals surface area contributed by atoms with E-state index in [1.807, 2.05) is 60.7 Å². The molecule has 0 heterocycles. The van der Waals surface area contributed by atoms with Crippen LogP contribution in [-0.2, 0) is 9.98 Å². The fourth-order valence-electron chi connectivity index (χ4n) is 8.09. The Morgan fingerprint density at radius 2 is 0.889 bits per heavy atom. The van der Waals surface area contributed by atoms with Gasteiger partial charge in [0.15, 0.2) is 7.14 Å². The van der Waals surface area contributed by atoms with Gasteiger partial charge in [-0.1, -0.05) is 159 Å². The van der Waals surface area contributed by atoms with Crippen LogP contribution in [-0.4, -0.2) is 0 Å². The molecule has 0 spiro atoms. The molecule has 9 rings (SSSR count). The van der Waals surface area contributed by atoms with Gasteiger partial charge in [0.2, 0.25) is 0 Å². The Hall–Kier alpha value is -4.97. The van der Waals surface area contributed by atoms with E-state index in [0.717, 1.165) is 15.9 Å². The zero-order valence-corrected chi connectivity index (χ0v) is 26.2. The van der Waals surface area contributed by atoms with Crippen molar-refractivity contribution in [1.82, 2.24) is 0 Å².